The molecule has 2 aromatic carbocycles. The van der Waals surface area contributed by atoms with Crippen LogP contribution in [0.5, 0.6) is 11.5 Å². The fourth-order valence-corrected chi connectivity index (χ4v) is 2.15. The van der Waals surface area contributed by atoms with Crippen LogP contribution in [0, 0.1) is 6.92 Å². The first-order valence-electron chi connectivity index (χ1n) is 7.12. The van der Waals surface area contributed by atoms with E-state index in [-0.39, 0.29) is 6.04 Å². The summed E-state index contributed by atoms with van der Waals surface area (Å²) >= 11 is 0. The number of hydrogen-bond donors (Lipinski definition) is 1. The van der Waals surface area contributed by atoms with Crippen LogP contribution < -0.4 is 10.5 Å². The summed E-state index contributed by atoms with van der Waals surface area (Å²) in [4.78, 5) is 0. The van der Waals surface area contributed by atoms with Gasteiger partial charge >= 0.3 is 0 Å². The average molecular weight is 269 g/mol. The van der Waals surface area contributed by atoms with Crippen LogP contribution in [0.15, 0.2) is 42.5 Å². The quantitative estimate of drug-likeness (QED) is 0.854. The minimum atomic E-state index is -0.0419. The highest BCUT2D eigenvalue weighted by atomic mass is 16.5. The minimum Gasteiger partial charge on any atom is -0.457 e. The van der Waals surface area contributed by atoms with Crippen molar-refractivity contribution in [1.82, 2.24) is 0 Å². The van der Waals surface area contributed by atoms with Crippen molar-refractivity contribution >= 4 is 0 Å². The van der Waals surface area contributed by atoms with Crippen molar-refractivity contribution in [3.05, 3.63) is 59.2 Å². The van der Waals surface area contributed by atoms with Crippen molar-refractivity contribution < 1.29 is 4.74 Å². The highest BCUT2D eigenvalue weighted by Gasteiger charge is 2.10. The number of nitrogens with two attached hydrogens (primary N) is 1. The van der Waals surface area contributed by atoms with Gasteiger partial charge in [-0.25, -0.2) is 0 Å². The van der Waals surface area contributed by atoms with Crippen LogP contribution in [-0.4, -0.2) is 0 Å². The van der Waals surface area contributed by atoms with Crippen molar-refractivity contribution in [3.63, 3.8) is 0 Å². The van der Waals surface area contributed by atoms with Gasteiger partial charge in [-0.3, -0.25) is 0 Å². The van der Waals surface area contributed by atoms with Gasteiger partial charge in [0.15, 0.2) is 0 Å². The van der Waals surface area contributed by atoms with Crippen molar-refractivity contribution in [2.24, 2.45) is 5.73 Å². The maximum atomic E-state index is 6.11. The molecule has 2 rings (SSSR count). The van der Waals surface area contributed by atoms with E-state index in [1.54, 1.807) is 0 Å². The predicted octanol–water partition coefficient (Wildman–Crippen LogP) is 4.93. The molecule has 0 aliphatic carbocycles. The van der Waals surface area contributed by atoms with E-state index in [9.17, 15) is 0 Å². The second-order valence-corrected chi connectivity index (χ2v) is 5.61. The second kappa shape index (κ2) is 6.10. The zero-order chi connectivity index (χ0) is 14.7. The maximum Gasteiger partial charge on any atom is 0.132 e. The lowest BCUT2D eigenvalue weighted by molar-refractivity contribution is 0.467. The first-order chi connectivity index (χ1) is 9.49. The molecule has 2 aromatic rings. The molecule has 0 aromatic heterocycles. The molecule has 0 amide bonds. The Labute approximate surface area is 121 Å². The van der Waals surface area contributed by atoms with Crippen LogP contribution in [0.3, 0.4) is 0 Å². The van der Waals surface area contributed by atoms with E-state index in [0.29, 0.717) is 5.92 Å². The number of rotatable bonds is 4. The number of para-hydroxylation sites is 1. The Morgan fingerprint density at radius 1 is 0.950 bits per heavy atom. The largest absolute Gasteiger partial charge is 0.457 e. The smallest absolute Gasteiger partial charge is 0.132 e. The normalized spacial score (nSPS) is 12.5. The number of aryl methyl sites for hydroxylation is 1. The first-order valence-corrected chi connectivity index (χ1v) is 7.12. The molecule has 0 saturated carbocycles. The summed E-state index contributed by atoms with van der Waals surface area (Å²) < 4.78 is 6.11. The molecule has 0 unspecified atom stereocenters. The standard InChI is InChI=1S/C18H23NO/c1-12(2)15-10-9-13(3)18(11-15)20-17-8-6-5-7-16(17)14(4)19/h5-12,14H,19H2,1-4H3/t14-/m0/s1. The van der Waals surface area contributed by atoms with E-state index >= 15 is 0 Å². The Morgan fingerprint density at radius 2 is 1.65 bits per heavy atom. The summed E-state index contributed by atoms with van der Waals surface area (Å²) in [6.45, 7) is 8.40. The lowest BCUT2D eigenvalue weighted by Gasteiger charge is -2.16. The van der Waals surface area contributed by atoms with Crippen LogP contribution >= 0.6 is 0 Å². The van der Waals surface area contributed by atoms with Gasteiger partial charge in [-0.15, -0.1) is 0 Å². The summed E-state index contributed by atoms with van der Waals surface area (Å²) in [5, 5.41) is 0. The lowest BCUT2D eigenvalue weighted by Crippen LogP contribution is -2.06. The third kappa shape index (κ3) is 3.20. The number of hydrogen-bond acceptors (Lipinski definition) is 2. The highest BCUT2D eigenvalue weighted by molar-refractivity contribution is 5.44. The zero-order valence-corrected chi connectivity index (χ0v) is 12.7. The third-order valence-electron chi connectivity index (χ3n) is 3.51. The molecule has 106 valence electrons. The van der Waals surface area contributed by atoms with Crippen LogP contribution in [-0.2, 0) is 0 Å². The van der Waals surface area contributed by atoms with E-state index in [2.05, 4.69) is 39.0 Å². The van der Waals surface area contributed by atoms with E-state index in [1.165, 1.54) is 5.56 Å². The molecule has 0 heterocycles. The van der Waals surface area contributed by atoms with Crippen LogP contribution in [0.1, 0.15) is 49.4 Å². The fourth-order valence-electron chi connectivity index (χ4n) is 2.15. The van der Waals surface area contributed by atoms with E-state index < -0.39 is 0 Å². The van der Waals surface area contributed by atoms with E-state index in [1.807, 2.05) is 31.2 Å². The van der Waals surface area contributed by atoms with Gasteiger partial charge in [0.05, 0.1) is 0 Å². The molecule has 2 heteroatoms. The summed E-state index contributed by atoms with van der Waals surface area (Å²) in [6, 6.07) is 14.3. The number of benzene rings is 2. The number of ether oxygens (including phenoxy) is 1. The lowest BCUT2D eigenvalue weighted by atomic mass is 10.0. The first kappa shape index (κ1) is 14.6. The van der Waals surface area contributed by atoms with Crippen LogP contribution in [0.2, 0.25) is 0 Å². The van der Waals surface area contributed by atoms with E-state index in [4.69, 9.17) is 10.5 Å². The van der Waals surface area contributed by atoms with Crippen LogP contribution in [0.4, 0.5) is 0 Å². The molecular formula is C18H23NO. The van der Waals surface area contributed by atoms with Gasteiger partial charge in [0, 0.05) is 11.6 Å². The molecule has 20 heavy (non-hydrogen) atoms. The predicted molar refractivity (Wildman–Crippen MR) is 84.4 cm³/mol. The van der Waals surface area contributed by atoms with E-state index in [0.717, 1.165) is 22.6 Å². The van der Waals surface area contributed by atoms with Crippen molar-refractivity contribution in [3.8, 4) is 11.5 Å². The molecule has 1 atom stereocenters. The Kier molecular flexibility index (Phi) is 4.46. The zero-order valence-electron chi connectivity index (χ0n) is 12.7. The second-order valence-electron chi connectivity index (χ2n) is 5.61. The van der Waals surface area contributed by atoms with Gasteiger partial charge in [0.25, 0.3) is 0 Å². The molecule has 0 aliphatic rings. The van der Waals surface area contributed by atoms with Crippen molar-refractivity contribution in [1.29, 1.82) is 0 Å². The Balaban J connectivity index is 2.37. The van der Waals surface area contributed by atoms with Gasteiger partial charge in [-0.05, 0) is 43.0 Å². The average Bonchev–Trinajstić information content (AvgIpc) is 2.41. The summed E-state index contributed by atoms with van der Waals surface area (Å²) in [5.41, 5.74) is 9.45. The molecular weight excluding hydrogens is 246 g/mol. The summed E-state index contributed by atoms with van der Waals surface area (Å²) in [6.07, 6.45) is 0. The third-order valence-corrected chi connectivity index (χ3v) is 3.51. The van der Waals surface area contributed by atoms with Crippen LogP contribution in [0.25, 0.3) is 0 Å². The Morgan fingerprint density at radius 3 is 2.30 bits per heavy atom. The topological polar surface area (TPSA) is 35.2 Å². The monoisotopic (exact) mass is 269 g/mol. The van der Waals surface area contributed by atoms with Gasteiger partial charge in [0.1, 0.15) is 11.5 Å². The maximum absolute atomic E-state index is 6.11. The van der Waals surface area contributed by atoms with Crippen molar-refractivity contribution in [2.45, 2.75) is 39.7 Å². The minimum absolute atomic E-state index is 0.0419. The molecule has 0 spiro atoms. The summed E-state index contributed by atoms with van der Waals surface area (Å²) in [7, 11) is 0. The molecule has 0 fully saturated rings. The molecule has 0 bridgehead atoms. The SMILES string of the molecule is Cc1ccc(C(C)C)cc1Oc1ccccc1[C@H](C)N. The Hall–Kier alpha value is -1.80. The van der Waals surface area contributed by atoms with Gasteiger partial charge in [0.2, 0.25) is 0 Å². The Bertz CT molecular complexity index is 588. The highest BCUT2D eigenvalue weighted by Crippen LogP contribution is 2.32. The van der Waals surface area contributed by atoms with Gasteiger partial charge in [-0.1, -0.05) is 44.2 Å². The van der Waals surface area contributed by atoms with Gasteiger partial charge < -0.3 is 10.5 Å². The van der Waals surface area contributed by atoms with Gasteiger partial charge in [-0.2, -0.15) is 0 Å². The van der Waals surface area contributed by atoms with Crippen molar-refractivity contribution in [2.75, 3.05) is 0 Å². The molecule has 2 nitrogen and oxygen atoms in total. The molecule has 0 aliphatic heterocycles. The molecule has 0 radical (unpaired) electrons. The summed E-state index contributed by atoms with van der Waals surface area (Å²) in [5.74, 6) is 2.23. The fraction of sp³-hybridized carbons (Fsp3) is 0.333. The molecule has 2 N–H and O–H groups in total. The molecule has 0 saturated heterocycles.